The maximum Gasteiger partial charge on any atom is 0.256 e. The van der Waals surface area contributed by atoms with Crippen LogP contribution in [0, 0.1) is 12.8 Å². The molecule has 0 aliphatic carbocycles. The normalized spacial score (nSPS) is 17.5. The van der Waals surface area contributed by atoms with Gasteiger partial charge < -0.3 is 23.8 Å². The van der Waals surface area contributed by atoms with Crippen molar-refractivity contribution in [2.45, 2.75) is 26.0 Å². The first kappa shape index (κ1) is 21.5. The molecule has 1 atom stereocenters. The van der Waals surface area contributed by atoms with Gasteiger partial charge in [0, 0.05) is 30.2 Å². The van der Waals surface area contributed by atoms with Crippen LogP contribution in [0.2, 0.25) is 10.0 Å². The van der Waals surface area contributed by atoms with E-state index in [2.05, 4.69) is 9.97 Å². The van der Waals surface area contributed by atoms with Crippen molar-refractivity contribution in [1.82, 2.24) is 14.9 Å². The van der Waals surface area contributed by atoms with Crippen molar-refractivity contribution < 1.29 is 18.7 Å². The number of aromatic nitrogens is 2. The number of carbonyl (C=O) groups excluding carboxylic acids is 1. The summed E-state index contributed by atoms with van der Waals surface area (Å²) in [5.41, 5.74) is 3.36. The highest BCUT2D eigenvalue weighted by molar-refractivity contribution is 6.37. The summed E-state index contributed by atoms with van der Waals surface area (Å²) in [6.45, 7) is 3.35. The predicted molar refractivity (Wildman–Crippen MR) is 118 cm³/mol. The molecule has 2 aliphatic rings. The molecule has 0 radical (unpaired) electrons. The number of aromatic amines is 1. The fourth-order valence-corrected chi connectivity index (χ4v) is 5.16. The Morgan fingerprint density at radius 1 is 1.34 bits per heavy atom. The van der Waals surface area contributed by atoms with Crippen LogP contribution in [0.4, 0.5) is 0 Å². The second-order valence-corrected chi connectivity index (χ2v) is 8.92. The van der Waals surface area contributed by atoms with E-state index in [1.54, 1.807) is 25.0 Å². The predicted octanol–water partition coefficient (Wildman–Crippen LogP) is 3.66. The van der Waals surface area contributed by atoms with Crippen LogP contribution in [0.3, 0.4) is 0 Å². The van der Waals surface area contributed by atoms with Gasteiger partial charge in [0.15, 0.2) is 12.0 Å². The lowest BCUT2D eigenvalue weighted by molar-refractivity contribution is -0.105. The van der Waals surface area contributed by atoms with Gasteiger partial charge in [0.25, 0.3) is 11.5 Å². The number of fused-ring (bicyclic) bond motifs is 2. The number of methoxy groups -OCH3 is 1. The molecular formula is C22H21Cl2N3O5. The number of ether oxygens (including phenoxy) is 2. The highest BCUT2D eigenvalue weighted by Gasteiger charge is 2.36. The molecule has 2 aromatic heterocycles. The number of pyridine rings is 1. The monoisotopic (exact) mass is 477 g/mol. The number of amides is 1. The number of carbonyl (C=O) groups is 1. The van der Waals surface area contributed by atoms with Crippen molar-refractivity contribution in [1.29, 1.82) is 0 Å². The van der Waals surface area contributed by atoms with Gasteiger partial charge in [-0.05, 0) is 25.0 Å². The lowest BCUT2D eigenvalue weighted by Crippen LogP contribution is -2.39. The Morgan fingerprint density at radius 2 is 2.12 bits per heavy atom. The van der Waals surface area contributed by atoms with E-state index in [0.29, 0.717) is 75.3 Å². The third-order valence-electron chi connectivity index (χ3n) is 6.25. The van der Waals surface area contributed by atoms with Crippen LogP contribution < -0.4 is 5.56 Å². The standard InChI is InChI=1S/C22H21Cl2N3O5/c1-10-19-18(25-9-32-19)14(21(28)26-10)6-27-4-3-12-15(23)5-13(17(24)16(12)22(27)29)20(30-2)11-7-31-8-11/h5,9,11,20H,3-4,6-8H2,1-2H3,(H,26,28). The molecule has 168 valence electrons. The summed E-state index contributed by atoms with van der Waals surface area (Å²) in [6, 6.07) is 1.79. The van der Waals surface area contributed by atoms with E-state index >= 15 is 0 Å². The molecule has 8 nitrogen and oxygen atoms in total. The number of hydrogen-bond donors (Lipinski definition) is 1. The van der Waals surface area contributed by atoms with Crippen molar-refractivity contribution in [3.05, 3.63) is 60.8 Å². The van der Waals surface area contributed by atoms with Crippen molar-refractivity contribution in [3.63, 3.8) is 0 Å². The van der Waals surface area contributed by atoms with Crippen LogP contribution in [-0.2, 0) is 22.4 Å². The molecule has 2 aliphatic heterocycles. The van der Waals surface area contributed by atoms with E-state index < -0.39 is 0 Å². The van der Waals surface area contributed by atoms with E-state index in [9.17, 15) is 9.59 Å². The molecule has 0 bridgehead atoms. The summed E-state index contributed by atoms with van der Waals surface area (Å²) in [7, 11) is 1.60. The lowest BCUT2D eigenvalue weighted by Gasteiger charge is -2.35. The van der Waals surface area contributed by atoms with Gasteiger partial charge in [-0.15, -0.1) is 0 Å². The number of benzene rings is 1. The Bertz CT molecular complexity index is 1280. The number of nitrogens with one attached hydrogen (secondary N) is 1. The Morgan fingerprint density at radius 3 is 2.81 bits per heavy atom. The molecule has 3 aromatic rings. The van der Waals surface area contributed by atoms with Gasteiger partial charge in [-0.25, -0.2) is 4.98 Å². The summed E-state index contributed by atoms with van der Waals surface area (Å²) in [5.74, 6) is -0.135. The van der Waals surface area contributed by atoms with Crippen LogP contribution in [0.5, 0.6) is 0 Å². The average molecular weight is 478 g/mol. The summed E-state index contributed by atoms with van der Waals surface area (Å²) < 4.78 is 16.4. The molecule has 1 saturated heterocycles. The molecular weight excluding hydrogens is 457 g/mol. The highest BCUT2D eigenvalue weighted by atomic mass is 35.5. The van der Waals surface area contributed by atoms with Gasteiger partial charge in [0.1, 0.15) is 5.52 Å². The molecule has 10 heteroatoms. The third kappa shape index (κ3) is 3.33. The molecule has 1 aromatic carbocycles. The van der Waals surface area contributed by atoms with Crippen molar-refractivity contribution in [2.75, 3.05) is 26.9 Å². The van der Waals surface area contributed by atoms with E-state index in [1.807, 2.05) is 0 Å². The number of aryl methyl sites for hydroxylation is 1. The first-order valence-corrected chi connectivity index (χ1v) is 11.0. The third-order valence-corrected chi connectivity index (χ3v) is 6.99. The number of rotatable bonds is 5. The van der Waals surface area contributed by atoms with Crippen molar-refractivity contribution in [2.24, 2.45) is 5.92 Å². The SMILES string of the molecule is COC(c1cc(Cl)c2c(c1Cl)C(=O)N(Cc1c(=O)[nH]c(C)c3ocnc13)CC2)C1COC1. The number of halogens is 2. The minimum absolute atomic E-state index is 0.0826. The Kier molecular flexibility index (Phi) is 5.49. The van der Waals surface area contributed by atoms with Crippen LogP contribution in [0.1, 0.15) is 38.8 Å². The van der Waals surface area contributed by atoms with Gasteiger partial charge in [0.05, 0.1) is 47.7 Å². The maximum atomic E-state index is 13.5. The van der Waals surface area contributed by atoms with Gasteiger partial charge in [-0.1, -0.05) is 23.2 Å². The van der Waals surface area contributed by atoms with Gasteiger partial charge >= 0.3 is 0 Å². The summed E-state index contributed by atoms with van der Waals surface area (Å²) in [4.78, 5) is 34.7. The molecule has 1 unspecified atom stereocenters. The molecule has 1 fully saturated rings. The van der Waals surface area contributed by atoms with E-state index in [0.717, 1.165) is 0 Å². The Balaban J connectivity index is 1.54. The van der Waals surface area contributed by atoms with Crippen LogP contribution in [0.25, 0.3) is 11.1 Å². The fourth-order valence-electron chi connectivity index (χ4n) is 4.49. The zero-order valence-corrected chi connectivity index (χ0v) is 19.0. The first-order chi connectivity index (χ1) is 15.4. The number of H-pyrrole nitrogens is 1. The van der Waals surface area contributed by atoms with E-state index in [1.165, 1.54) is 6.39 Å². The fraction of sp³-hybridized carbons (Fsp3) is 0.409. The number of oxazole rings is 1. The summed E-state index contributed by atoms with van der Waals surface area (Å²) >= 11 is 13.3. The first-order valence-electron chi connectivity index (χ1n) is 10.3. The zero-order chi connectivity index (χ0) is 22.6. The number of hydrogen-bond acceptors (Lipinski definition) is 6. The van der Waals surface area contributed by atoms with Crippen LogP contribution in [0.15, 0.2) is 21.7 Å². The largest absolute Gasteiger partial charge is 0.442 e. The quantitative estimate of drug-likeness (QED) is 0.601. The van der Waals surface area contributed by atoms with Gasteiger partial charge in [-0.3, -0.25) is 9.59 Å². The minimum atomic E-state index is -0.322. The average Bonchev–Trinajstić information content (AvgIpc) is 3.22. The van der Waals surface area contributed by atoms with E-state index in [4.69, 9.17) is 37.1 Å². The van der Waals surface area contributed by atoms with Crippen molar-refractivity contribution >= 4 is 40.2 Å². The Hall–Kier alpha value is -2.39. The summed E-state index contributed by atoms with van der Waals surface area (Å²) in [6.07, 6.45) is 1.49. The molecule has 0 saturated carbocycles. The zero-order valence-electron chi connectivity index (χ0n) is 17.5. The molecule has 4 heterocycles. The van der Waals surface area contributed by atoms with E-state index in [-0.39, 0.29) is 30.0 Å². The molecule has 1 N–H and O–H groups in total. The van der Waals surface area contributed by atoms with Crippen molar-refractivity contribution in [3.8, 4) is 0 Å². The smallest absolute Gasteiger partial charge is 0.256 e. The molecule has 32 heavy (non-hydrogen) atoms. The topological polar surface area (TPSA) is 97.7 Å². The number of nitrogens with zero attached hydrogens (tertiary/aromatic N) is 2. The van der Waals surface area contributed by atoms with Crippen LogP contribution in [-0.4, -0.2) is 47.6 Å². The van der Waals surface area contributed by atoms with Gasteiger partial charge in [0.2, 0.25) is 0 Å². The lowest BCUT2D eigenvalue weighted by atomic mass is 9.89. The molecule has 5 rings (SSSR count). The van der Waals surface area contributed by atoms with Gasteiger partial charge in [-0.2, -0.15) is 0 Å². The summed E-state index contributed by atoms with van der Waals surface area (Å²) in [5, 5.41) is 0.823. The van der Waals surface area contributed by atoms with Crippen LogP contribution >= 0.6 is 23.2 Å². The minimum Gasteiger partial charge on any atom is -0.442 e. The second kappa shape index (κ2) is 8.19. The molecule has 0 spiro atoms. The maximum absolute atomic E-state index is 13.5. The highest BCUT2D eigenvalue weighted by Crippen LogP contribution is 2.42. The Labute approximate surface area is 193 Å². The second-order valence-electron chi connectivity index (χ2n) is 8.13. The molecule has 1 amide bonds.